The number of rotatable bonds is 4. The maximum absolute atomic E-state index is 5.29. The fraction of sp³-hybridized carbons (Fsp3) is 0.208. The molecule has 27 heavy (non-hydrogen) atoms. The number of ether oxygens (including phenoxy) is 1. The van der Waals surface area contributed by atoms with Gasteiger partial charge in [0.2, 0.25) is 0 Å². The van der Waals surface area contributed by atoms with Gasteiger partial charge in [-0.1, -0.05) is 31.2 Å². The molecule has 2 aromatic heterocycles. The number of methoxy groups -OCH3 is 1. The van der Waals surface area contributed by atoms with Crippen LogP contribution >= 0.6 is 0 Å². The Kier molecular flexibility index (Phi) is 4.68. The van der Waals surface area contributed by atoms with E-state index in [1.165, 1.54) is 27.4 Å². The Bertz CT molecular complexity index is 1090. The largest absolute Gasteiger partial charge is 0.497 e. The fourth-order valence-electron chi connectivity index (χ4n) is 3.70. The Morgan fingerprint density at radius 3 is 2.63 bits per heavy atom. The first-order chi connectivity index (χ1) is 13.2. The number of hydrogen-bond donors (Lipinski definition) is 0. The second-order valence-corrected chi connectivity index (χ2v) is 6.95. The van der Waals surface area contributed by atoms with E-state index in [9.17, 15) is 0 Å². The van der Waals surface area contributed by atoms with Gasteiger partial charge in [-0.05, 0) is 59.2 Å². The van der Waals surface area contributed by atoms with E-state index >= 15 is 0 Å². The van der Waals surface area contributed by atoms with Crippen LogP contribution in [0.2, 0.25) is 0 Å². The number of benzene rings is 1. The Labute approximate surface area is 160 Å². The zero-order chi connectivity index (χ0) is 18.8. The van der Waals surface area contributed by atoms with Gasteiger partial charge in [-0.3, -0.25) is 4.98 Å². The highest BCUT2D eigenvalue weighted by molar-refractivity contribution is 5.63. The lowest BCUT2D eigenvalue weighted by Crippen LogP contribution is -2.27. The molecule has 0 spiro atoms. The van der Waals surface area contributed by atoms with Gasteiger partial charge in [0, 0.05) is 36.3 Å². The minimum Gasteiger partial charge on any atom is -0.497 e. The third-order valence-corrected chi connectivity index (χ3v) is 5.38. The van der Waals surface area contributed by atoms with Crippen LogP contribution in [0.3, 0.4) is 0 Å². The van der Waals surface area contributed by atoms with E-state index < -0.39 is 0 Å². The van der Waals surface area contributed by atoms with Gasteiger partial charge in [-0.2, -0.15) is 0 Å². The predicted octanol–water partition coefficient (Wildman–Crippen LogP) is 3.79. The molecule has 0 N–H and O–H groups in total. The molecule has 1 atom stereocenters. The molecule has 3 aromatic rings. The molecule has 0 bridgehead atoms. The van der Waals surface area contributed by atoms with Crippen LogP contribution in [0.4, 0.5) is 0 Å². The van der Waals surface area contributed by atoms with Gasteiger partial charge in [0.1, 0.15) is 5.75 Å². The lowest BCUT2D eigenvalue weighted by atomic mass is 9.92. The predicted molar refractivity (Wildman–Crippen MR) is 111 cm³/mol. The Morgan fingerprint density at radius 2 is 1.93 bits per heavy atom. The summed E-state index contributed by atoms with van der Waals surface area (Å²) >= 11 is 0. The highest BCUT2D eigenvalue weighted by atomic mass is 16.5. The Hall–Kier alpha value is -3.07. The van der Waals surface area contributed by atoms with E-state index in [4.69, 9.17) is 4.74 Å². The summed E-state index contributed by atoms with van der Waals surface area (Å²) in [6.07, 6.45) is 11.6. The molecule has 4 rings (SSSR count). The molecular weight excluding hydrogens is 332 g/mol. The molecule has 1 aliphatic rings. The quantitative estimate of drug-likeness (QED) is 0.711. The van der Waals surface area contributed by atoms with Crippen molar-refractivity contribution in [1.29, 1.82) is 0 Å². The summed E-state index contributed by atoms with van der Waals surface area (Å²) in [6.45, 7) is 2.26. The Balaban J connectivity index is 1.75. The van der Waals surface area contributed by atoms with Gasteiger partial charge in [0.15, 0.2) is 0 Å². The van der Waals surface area contributed by atoms with Crippen LogP contribution in [0, 0.1) is 0 Å². The molecule has 0 radical (unpaired) electrons. The maximum Gasteiger partial charge on any atom is 0.118 e. The monoisotopic (exact) mass is 356 g/mol. The average molecular weight is 356 g/mol. The summed E-state index contributed by atoms with van der Waals surface area (Å²) in [5, 5.41) is 2.53. The van der Waals surface area contributed by atoms with Gasteiger partial charge in [0.25, 0.3) is 0 Å². The first kappa shape index (κ1) is 17.3. The van der Waals surface area contributed by atoms with E-state index in [1.807, 2.05) is 30.6 Å². The van der Waals surface area contributed by atoms with Crippen molar-refractivity contribution in [3.8, 4) is 17.0 Å². The molecule has 0 saturated heterocycles. The van der Waals surface area contributed by atoms with Crippen molar-refractivity contribution in [2.24, 2.45) is 7.05 Å². The first-order valence-corrected chi connectivity index (χ1v) is 9.29. The summed E-state index contributed by atoms with van der Waals surface area (Å²) in [7, 11) is 3.83. The van der Waals surface area contributed by atoms with E-state index in [-0.39, 0.29) is 0 Å². The van der Waals surface area contributed by atoms with Gasteiger partial charge < -0.3 is 9.30 Å². The zero-order valence-corrected chi connectivity index (χ0v) is 16.0. The Morgan fingerprint density at radius 1 is 1.11 bits per heavy atom. The van der Waals surface area contributed by atoms with Crippen molar-refractivity contribution >= 4 is 12.2 Å². The van der Waals surface area contributed by atoms with E-state index in [2.05, 4.69) is 66.0 Å². The van der Waals surface area contributed by atoms with Crippen LogP contribution < -0.4 is 15.3 Å². The number of nitrogens with zero attached hydrogens (tertiary/aromatic N) is 2. The molecule has 136 valence electrons. The first-order valence-electron chi connectivity index (χ1n) is 9.29. The lowest BCUT2D eigenvalue weighted by Gasteiger charge is -2.14. The number of pyridine rings is 1. The summed E-state index contributed by atoms with van der Waals surface area (Å²) in [4.78, 5) is 4.27. The molecule has 0 saturated carbocycles. The van der Waals surface area contributed by atoms with Gasteiger partial charge in [-0.15, -0.1) is 0 Å². The van der Waals surface area contributed by atoms with Crippen molar-refractivity contribution in [2.75, 3.05) is 7.11 Å². The highest BCUT2D eigenvalue weighted by Gasteiger charge is 2.13. The number of aromatic nitrogens is 2. The van der Waals surface area contributed by atoms with Crippen molar-refractivity contribution in [2.45, 2.75) is 19.3 Å². The van der Waals surface area contributed by atoms with Gasteiger partial charge in [-0.25, -0.2) is 0 Å². The number of hydrogen-bond acceptors (Lipinski definition) is 2. The summed E-state index contributed by atoms with van der Waals surface area (Å²) in [5.41, 5.74) is 4.97. The molecule has 3 heteroatoms. The SMILES string of the molecule is COc1ccc(C(C)C2=CCC=c3cc(-c4cccnc4)n(C)c3=C2)cc1. The smallest absolute Gasteiger partial charge is 0.118 e. The van der Waals surface area contributed by atoms with Gasteiger partial charge in [0.05, 0.1) is 12.8 Å². The second kappa shape index (κ2) is 7.28. The van der Waals surface area contributed by atoms with Crippen LogP contribution in [-0.2, 0) is 7.05 Å². The molecule has 1 aliphatic carbocycles. The van der Waals surface area contributed by atoms with Crippen LogP contribution in [0.5, 0.6) is 5.75 Å². The fourth-order valence-corrected chi connectivity index (χ4v) is 3.70. The second-order valence-electron chi connectivity index (χ2n) is 6.95. The van der Waals surface area contributed by atoms with E-state index in [0.29, 0.717) is 5.92 Å². The normalized spacial score (nSPS) is 14.3. The van der Waals surface area contributed by atoms with E-state index in [0.717, 1.165) is 17.7 Å². The summed E-state index contributed by atoms with van der Waals surface area (Å²) in [6, 6.07) is 14.7. The summed E-state index contributed by atoms with van der Waals surface area (Å²) in [5.74, 6) is 1.22. The molecule has 0 fully saturated rings. The van der Waals surface area contributed by atoms with Crippen LogP contribution in [-0.4, -0.2) is 16.7 Å². The van der Waals surface area contributed by atoms with E-state index in [1.54, 1.807) is 7.11 Å². The number of allylic oxidation sites excluding steroid dienone is 2. The van der Waals surface area contributed by atoms with Crippen molar-refractivity contribution in [1.82, 2.24) is 9.55 Å². The molecule has 0 amide bonds. The topological polar surface area (TPSA) is 27.1 Å². The zero-order valence-electron chi connectivity index (χ0n) is 16.0. The minimum absolute atomic E-state index is 0.326. The van der Waals surface area contributed by atoms with Crippen LogP contribution in [0.15, 0.2) is 66.5 Å². The van der Waals surface area contributed by atoms with Crippen molar-refractivity contribution in [3.05, 3.63) is 82.6 Å². The highest BCUT2D eigenvalue weighted by Crippen LogP contribution is 2.27. The van der Waals surface area contributed by atoms with Crippen LogP contribution in [0.1, 0.15) is 24.8 Å². The third-order valence-electron chi connectivity index (χ3n) is 5.38. The summed E-state index contributed by atoms with van der Waals surface area (Å²) < 4.78 is 7.55. The number of fused-ring (bicyclic) bond motifs is 1. The molecule has 2 heterocycles. The maximum atomic E-state index is 5.29. The van der Waals surface area contributed by atoms with Crippen LogP contribution in [0.25, 0.3) is 23.4 Å². The van der Waals surface area contributed by atoms with Crippen molar-refractivity contribution in [3.63, 3.8) is 0 Å². The molecule has 3 nitrogen and oxygen atoms in total. The standard InChI is InChI=1S/C24H24N2O/c1-17(18-9-11-22(27-3)12-10-18)19-6-4-7-20-15-24(26(2)23(20)14-19)21-8-5-13-25-16-21/h5-17H,4H2,1-3H3. The lowest BCUT2D eigenvalue weighted by molar-refractivity contribution is 0.414. The molecular formula is C24H24N2O. The third kappa shape index (κ3) is 3.33. The molecule has 1 aromatic carbocycles. The van der Waals surface area contributed by atoms with Crippen molar-refractivity contribution < 1.29 is 4.74 Å². The van der Waals surface area contributed by atoms with Gasteiger partial charge >= 0.3 is 0 Å². The average Bonchev–Trinajstić information content (AvgIpc) is 2.90. The molecule has 0 aliphatic heterocycles. The minimum atomic E-state index is 0.326. The molecule has 1 unspecified atom stereocenters.